The molecular formula is C23H28Cl2N2OS. The van der Waals surface area contributed by atoms with Gasteiger partial charge in [0.25, 0.3) is 0 Å². The highest BCUT2D eigenvalue weighted by molar-refractivity contribution is 7.98. The molecule has 1 aliphatic heterocycles. The number of piperidine rings is 1. The largest absolute Gasteiger partial charge is 0.355 e. The number of hydrogen-bond donors (Lipinski definition) is 1. The predicted octanol–water partition coefficient (Wildman–Crippen LogP) is 5.56. The SMILES string of the molecule is Cc1cccc(CSCCNC(=O)C2CCN(Cc3ccc(Cl)c(Cl)c3)CC2)c1. The molecule has 0 aliphatic carbocycles. The third kappa shape index (κ3) is 7.21. The lowest BCUT2D eigenvalue weighted by molar-refractivity contribution is -0.126. The lowest BCUT2D eigenvalue weighted by Gasteiger charge is -2.31. The first-order valence-corrected chi connectivity index (χ1v) is 12.0. The van der Waals surface area contributed by atoms with E-state index in [0.717, 1.165) is 56.1 Å². The standard InChI is InChI=1S/C23H28Cl2N2OS/c1-17-3-2-4-19(13-17)16-29-12-9-26-23(28)20-7-10-27(11-8-20)15-18-5-6-21(24)22(25)14-18/h2-6,13-14,20H,7-12,15-16H2,1H3,(H,26,28). The van der Waals surface area contributed by atoms with Crippen molar-refractivity contribution in [3.8, 4) is 0 Å². The summed E-state index contributed by atoms with van der Waals surface area (Å²) in [7, 11) is 0. The number of hydrogen-bond acceptors (Lipinski definition) is 3. The predicted molar refractivity (Wildman–Crippen MR) is 125 cm³/mol. The summed E-state index contributed by atoms with van der Waals surface area (Å²) < 4.78 is 0. The number of likely N-dealkylation sites (tertiary alicyclic amines) is 1. The van der Waals surface area contributed by atoms with Crippen LogP contribution < -0.4 is 5.32 Å². The minimum absolute atomic E-state index is 0.127. The lowest BCUT2D eigenvalue weighted by atomic mass is 9.95. The summed E-state index contributed by atoms with van der Waals surface area (Å²) in [6, 6.07) is 14.4. The number of amides is 1. The van der Waals surface area contributed by atoms with Crippen LogP contribution >= 0.6 is 35.0 Å². The van der Waals surface area contributed by atoms with Crippen LogP contribution in [0.15, 0.2) is 42.5 Å². The fourth-order valence-electron chi connectivity index (χ4n) is 3.63. The number of thioether (sulfide) groups is 1. The van der Waals surface area contributed by atoms with Gasteiger partial charge in [0.2, 0.25) is 5.91 Å². The summed E-state index contributed by atoms with van der Waals surface area (Å²) in [5, 5.41) is 4.30. The number of aryl methyl sites for hydroxylation is 1. The number of carbonyl (C=O) groups is 1. The Morgan fingerprint density at radius 1 is 1.10 bits per heavy atom. The van der Waals surface area contributed by atoms with E-state index in [1.165, 1.54) is 11.1 Å². The molecule has 1 heterocycles. The van der Waals surface area contributed by atoms with E-state index in [1.807, 2.05) is 30.0 Å². The number of rotatable bonds is 8. The molecule has 0 saturated carbocycles. The maximum Gasteiger partial charge on any atom is 0.223 e. The normalized spacial score (nSPS) is 15.4. The van der Waals surface area contributed by atoms with Gasteiger partial charge in [0.15, 0.2) is 0 Å². The fraction of sp³-hybridized carbons (Fsp3) is 0.435. The van der Waals surface area contributed by atoms with Gasteiger partial charge in [-0.25, -0.2) is 0 Å². The van der Waals surface area contributed by atoms with Gasteiger partial charge >= 0.3 is 0 Å². The molecule has 1 fully saturated rings. The van der Waals surface area contributed by atoms with Crippen LogP contribution in [0.4, 0.5) is 0 Å². The van der Waals surface area contributed by atoms with E-state index in [9.17, 15) is 4.79 Å². The fourth-order valence-corrected chi connectivity index (χ4v) is 4.76. The molecule has 0 bridgehead atoms. The third-order valence-electron chi connectivity index (χ3n) is 5.25. The Bertz CT molecular complexity index is 822. The zero-order chi connectivity index (χ0) is 20.6. The molecule has 0 aromatic heterocycles. The summed E-state index contributed by atoms with van der Waals surface area (Å²) in [6.07, 6.45) is 1.81. The van der Waals surface area contributed by atoms with E-state index in [0.29, 0.717) is 10.0 Å². The average Bonchev–Trinajstić information content (AvgIpc) is 2.71. The third-order valence-corrected chi connectivity index (χ3v) is 7.01. The summed E-state index contributed by atoms with van der Waals surface area (Å²) >= 11 is 14.0. The number of carbonyl (C=O) groups excluding carboxylic acids is 1. The van der Waals surface area contributed by atoms with Crippen molar-refractivity contribution in [2.45, 2.75) is 32.1 Å². The van der Waals surface area contributed by atoms with Crippen molar-refractivity contribution in [3.63, 3.8) is 0 Å². The number of nitrogens with zero attached hydrogens (tertiary/aromatic N) is 1. The molecule has 156 valence electrons. The van der Waals surface area contributed by atoms with E-state index < -0.39 is 0 Å². The van der Waals surface area contributed by atoms with Crippen LogP contribution in [0.1, 0.15) is 29.5 Å². The Hall–Kier alpha value is -1.20. The van der Waals surface area contributed by atoms with Crippen LogP contribution in [0.2, 0.25) is 10.0 Å². The quantitative estimate of drug-likeness (QED) is 0.533. The molecule has 0 atom stereocenters. The van der Waals surface area contributed by atoms with Gasteiger partial charge in [0, 0.05) is 30.5 Å². The number of nitrogens with one attached hydrogen (secondary N) is 1. The monoisotopic (exact) mass is 450 g/mol. The van der Waals surface area contributed by atoms with Gasteiger partial charge in [0.05, 0.1) is 10.0 Å². The lowest BCUT2D eigenvalue weighted by Crippen LogP contribution is -2.40. The molecule has 3 nitrogen and oxygen atoms in total. The first-order valence-electron chi connectivity index (χ1n) is 10.1. The number of halogens is 2. The second-order valence-corrected chi connectivity index (χ2v) is 9.55. The Morgan fingerprint density at radius 2 is 1.90 bits per heavy atom. The molecular weight excluding hydrogens is 423 g/mol. The van der Waals surface area contributed by atoms with Crippen molar-refractivity contribution in [2.75, 3.05) is 25.4 Å². The molecule has 1 saturated heterocycles. The molecule has 0 unspecified atom stereocenters. The average molecular weight is 451 g/mol. The van der Waals surface area contributed by atoms with E-state index in [2.05, 4.69) is 41.4 Å². The minimum Gasteiger partial charge on any atom is -0.355 e. The molecule has 2 aromatic carbocycles. The maximum absolute atomic E-state index is 12.5. The van der Waals surface area contributed by atoms with Gasteiger partial charge in [-0.1, -0.05) is 59.1 Å². The molecule has 3 rings (SSSR count). The van der Waals surface area contributed by atoms with Crippen LogP contribution in [0, 0.1) is 12.8 Å². The van der Waals surface area contributed by atoms with Crippen LogP contribution in [-0.4, -0.2) is 36.2 Å². The highest BCUT2D eigenvalue weighted by Crippen LogP contribution is 2.25. The van der Waals surface area contributed by atoms with E-state index in [-0.39, 0.29) is 11.8 Å². The number of benzene rings is 2. The molecule has 0 spiro atoms. The Morgan fingerprint density at radius 3 is 2.62 bits per heavy atom. The smallest absolute Gasteiger partial charge is 0.223 e. The molecule has 1 amide bonds. The highest BCUT2D eigenvalue weighted by atomic mass is 35.5. The van der Waals surface area contributed by atoms with Crippen molar-refractivity contribution < 1.29 is 4.79 Å². The van der Waals surface area contributed by atoms with Crippen LogP contribution in [0.3, 0.4) is 0 Å². The second kappa shape index (κ2) is 11.3. The first kappa shape index (κ1) is 22.5. The van der Waals surface area contributed by atoms with Crippen molar-refractivity contribution in [1.82, 2.24) is 10.2 Å². The van der Waals surface area contributed by atoms with E-state index >= 15 is 0 Å². The molecule has 29 heavy (non-hydrogen) atoms. The first-order chi connectivity index (χ1) is 14.0. The highest BCUT2D eigenvalue weighted by Gasteiger charge is 2.24. The van der Waals surface area contributed by atoms with Crippen molar-refractivity contribution in [1.29, 1.82) is 0 Å². The van der Waals surface area contributed by atoms with Gasteiger partial charge in [-0.15, -0.1) is 0 Å². The zero-order valence-electron chi connectivity index (χ0n) is 16.8. The molecule has 2 aromatic rings. The Kier molecular flexibility index (Phi) is 8.73. The van der Waals surface area contributed by atoms with Gasteiger partial charge in [-0.05, 0) is 56.1 Å². The summed E-state index contributed by atoms with van der Waals surface area (Å²) in [4.78, 5) is 14.8. The van der Waals surface area contributed by atoms with Gasteiger partial charge in [-0.2, -0.15) is 11.8 Å². The van der Waals surface area contributed by atoms with Crippen molar-refractivity contribution in [2.24, 2.45) is 5.92 Å². The molecule has 0 radical (unpaired) electrons. The Labute approximate surface area is 188 Å². The molecule has 1 aliphatic rings. The summed E-state index contributed by atoms with van der Waals surface area (Å²) in [5.41, 5.74) is 3.80. The van der Waals surface area contributed by atoms with Crippen LogP contribution in [0.25, 0.3) is 0 Å². The molecule has 6 heteroatoms. The topological polar surface area (TPSA) is 32.3 Å². The van der Waals surface area contributed by atoms with Gasteiger partial charge in [0.1, 0.15) is 0 Å². The van der Waals surface area contributed by atoms with Crippen LogP contribution in [-0.2, 0) is 17.1 Å². The van der Waals surface area contributed by atoms with Crippen molar-refractivity contribution >= 4 is 40.9 Å². The minimum atomic E-state index is 0.127. The Balaban J connectivity index is 1.31. The zero-order valence-corrected chi connectivity index (χ0v) is 19.1. The van der Waals surface area contributed by atoms with Gasteiger partial charge < -0.3 is 5.32 Å². The van der Waals surface area contributed by atoms with E-state index in [1.54, 1.807) is 0 Å². The van der Waals surface area contributed by atoms with Crippen LogP contribution in [0.5, 0.6) is 0 Å². The van der Waals surface area contributed by atoms with Crippen molar-refractivity contribution in [3.05, 3.63) is 69.2 Å². The van der Waals surface area contributed by atoms with Gasteiger partial charge in [-0.3, -0.25) is 9.69 Å². The van der Waals surface area contributed by atoms with E-state index in [4.69, 9.17) is 23.2 Å². The summed E-state index contributed by atoms with van der Waals surface area (Å²) in [6.45, 7) is 5.56. The summed E-state index contributed by atoms with van der Waals surface area (Å²) in [5.74, 6) is 2.26. The maximum atomic E-state index is 12.5. The molecule has 1 N–H and O–H groups in total. The second-order valence-electron chi connectivity index (χ2n) is 7.63.